The summed E-state index contributed by atoms with van der Waals surface area (Å²) in [6.07, 6.45) is 5.86. The Balaban J connectivity index is 3.81. The first-order valence-electron chi connectivity index (χ1n) is 10.4. The fourth-order valence-corrected chi connectivity index (χ4v) is 3.24. The van der Waals surface area contributed by atoms with Gasteiger partial charge in [0, 0.05) is 19.3 Å². The summed E-state index contributed by atoms with van der Waals surface area (Å²) in [7, 11) is 1.48. The number of ether oxygens (including phenoxy) is 2. The third kappa shape index (κ3) is 6.79. The molecular formula is C24H29ClN2O6. The first-order valence-corrected chi connectivity index (χ1v) is 10.7. The van der Waals surface area contributed by atoms with Gasteiger partial charge in [0.2, 0.25) is 6.41 Å². The topological polar surface area (TPSA) is 93.2 Å². The summed E-state index contributed by atoms with van der Waals surface area (Å²) in [4.78, 5) is 52.0. The predicted molar refractivity (Wildman–Crippen MR) is 127 cm³/mol. The zero-order valence-corrected chi connectivity index (χ0v) is 20.4. The van der Waals surface area contributed by atoms with E-state index in [1.165, 1.54) is 29.8 Å². The average molecular weight is 477 g/mol. The van der Waals surface area contributed by atoms with E-state index in [1.54, 1.807) is 51.1 Å². The molecule has 0 aliphatic heterocycles. The summed E-state index contributed by atoms with van der Waals surface area (Å²) in [5.74, 6) is -3.26. The Morgan fingerprint density at radius 3 is 2.30 bits per heavy atom. The first-order chi connectivity index (χ1) is 15.7. The van der Waals surface area contributed by atoms with Crippen molar-refractivity contribution in [3.63, 3.8) is 0 Å². The molecule has 1 aromatic rings. The Morgan fingerprint density at radius 1 is 1.12 bits per heavy atom. The quantitative estimate of drug-likeness (QED) is 0.133. The minimum absolute atomic E-state index is 0.00648. The lowest BCUT2D eigenvalue weighted by Gasteiger charge is -2.25. The van der Waals surface area contributed by atoms with Gasteiger partial charge in [-0.05, 0) is 52.8 Å². The largest absolute Gasteiger partial charge is 0.458 e. The molecule has 0 spiro atoms. The van der Waals surface area contributed by atoms with Crippen molar-refractivity contribution in [1.82, 2.24) is 4.90 Å². The lowest BCUT2D eigenvalue weighted by molar-refractivity contribution is -0.163. The zero-order chi connectivity index (χ0) is 25.1. The van der Waals surface area contributed by atoms with Crippen molar-refractivity contribution in [3.8, 4) is 0 Å². The van der Waals surface area contributed by atoms with Crippen LogP contribution < -0.4 is 4.90 Å². The smallest absolute Gasteiger partial charge is 0.422 e. The SMILES string of the molecule is C/C=C\C(=C/C)N(CC)C(=O)/C(C)=C(\OC(=O)C(=O)OCC)c1c(Cl)cccc1N(C)C=O. The maximum Gasteiger partial charge on any atom is 0.422 e. The number of anilines is 1. The van der Waals surface area contributed by atoms with E-state index in [1.807, 2.05) is 6.92 Å². The number of likely N-dealkylation sites (N-methyl/N-ethyl adjacent to an activating group) is 1. The van der Waals surface area contributed by atoms with Crippen molar-refractivity contribution in [3.05, 3.63) is 58.3 Å². The van der Waals surface area contributed by atoms with Crippen LogP contribution in [0.2, 0.25) is 5.02 Å². The van der Waals surface area contributed by atoms with E-state index in [0.717, 1.165) is 0 Å². The summed E-state index contributed by atoms with van der Waals surface area (Å²) in [6.45, 7) is 8.69. The molecule has 0 atom stereocenters. The van der Waals surface area contributed by atoms with Gasteiger partial charge < -0.3 is 19.3 Å². The monoisotopic (exact) mass is 476 g/mol. The van der Waals surface area contributed by atoms with Crippen LogP contribution in [0, 0.1) is 0 Å². The fourth-order valence-electron chi connectivity index (χ4n) is 2.98. The van der Waals surface area contributed by atoms with Gasteiger partial charge in [-0.3, -0.25) is 9.59 Å². The molecule has 0 N–H and O–H groups in total. The minimum Gasteiger partial charge on any atom is -0.458 e. The Hall–Kier alpha value is -3.39. The van der Waals surface area contributed by atoms with E-state index in [2.05, 4.69) is 0 Å². The molecule has 0 bridgehead atoms. The van der Waals surface area contributed by atoms with Crippen molar-refractivity contribution in [2.75, 3.05) is 25.1 Å². The van der Waals surface area contributed by atoms with E-state index >= 15 is 0 Å². The molecule has 1 rings (SSSR count). The number of esters is 2. The number of nitrogens with zero attached hydrogens (tertiary/aromatic N) is 2. The molecule has 0 aromatic heterocycles. The van der Waals surface area contributed by atoms with E-state index in [9.17, 15) is 19.2 Å². The molecule has 178 valence electrons. The second-order valence-electron chi connectivity index (χ2n) is 6.68. The lowest BCUT2D eigenvalue weighted by Crippen LogP contribution is -2.31. The van der Waals surface area contributed by atoms with E-state index in [-0.39, 0.29) is 34.2 Å². The number of benzene rings is 1. The summed E-state index contributed by atoms with van der Waals surface area (Å²) >= 11 is 6.42. The molecule has 33 heavy (non-hydrogen) atoms. The number of halogens is 1. The molecule has 8 nitrogen and oxygen atoms in total. The highest BCUT2D eigenvalue weighted by Crippen LogP contribution is 2.36. The van der Waals surface area contributed by atoms with Crippen molar-refractivity contribution in [2.24, 2.45) is 0 Å². The number of allylic oxidation sites excluding steroid dienone is 3. The number of carbonyl (C=O) groups is 4. The highest BCUT2D eigenvalue weighted by molar-refractivity contribution is 6.34. The van der Waals surface area contributed by atoms with E-state index in [0.29, 0.717) is 18.7 Å². The number of hydrogen-bond acceptors (Lipinski definition) is 6. The maximum absolute atomic E-state index is 13.5. The highest BCUT2D eigenvalue weighted by atomic mass is 35.5. The first kappa shape index (κ1) is 27.6. The molecule has 2 amide bonds. The average Bonchev–Trinajstić information content (AvgIpc) is 2.81. The third-order valence-corrected chi connectivity index (χ3v) is 4.88. The lowest BCUT2D eigenvalue weighted by atomic mass is 10.0. The van der Waals surface area contributed by atoms with Crippen LogP contribution in [0.3, 0.4) is 0 Å². The standard InChI is InChI=1S/C24H29ClN2O6/c1-7-12-17(8-2)27(9-3)22(29)16(5)21(33-24(31)23(30)32-10-4)20-18(25)13-11-14-19(20)26(6)15-28/h7-8,11-15H,9-10H2,1-6H3/b12-7-,17-8+,21-16-. The highest BCUT2D eigenvalue weighted by Gasteiger charge is 2.29. The maximum atomic E-state index is 13.5. The second-order valence-corrected chi connectivity index (χ2v) is 7.08. The zero-order valence-electron chi connectivity index (χ0n) is 19.7. The molecule has 0 saturated heterocycles. The van der Waals surface area contributed by atoms with E-state index in [4.69, 9.17) is 21.1 Å². The summed E-state index contributed by atoms with van der Waals surface area (Å²) < 4.78 is 10.1. The van der Waals surface area contributed by atoms with Gasteiger partial charge in [0.25, 0.3) is 5.91 Å². The number of amides is 2. The van der Waals surface area contributed by atoms with E-state index < -0.39 is 17.8 Å². The Labute approximate surface area is 199 Å². The normalized spacial score (nSPS) is 12.2. The Kier molecular flexibility index (Phi) is 11.1. The second kappa shape index (κ2) is 13.2. The molecule has 0 heterocycles. The van der Waals surface area contributed by atoms with Crippen LogP contribution in [0.1, 0.15) is 40.2 Å². The molecule has 0 aliphatic rings. The molecule has 0 radical (unpaired) electrons. The van der Waals surface area contributed by atoms with Gasteiger partial charge in [-0.25, -0.2) is 9.59 Å². The third-order valence-electron chi connectivity index (χ3n) is 4.56. The van der Waals surface area contributed by atoms with Crippen LogP contribution in [0.5, 0.6) is 0 Å². The Bertz CT molecular complexity index is 997. The molecule has 0 unspecified atom stereocenters. The van der Waals surface area contributed by atoms with Gasteiger partial charge in [0.1, 0.15) is 0 Å². The predicted octanol–water partition coefficient (Wildman–Crippen LogP) is 4.10. The Morgan fingerprint density at radius 2 is 1.79 bits per heavy atom. The number of carbonyl (C=O) groups excluding carboxylic acids is 4. The minimum atomic E-state index is -1.32. The van der Waals surface area contributed by atoms with Gasteiger partial charge in [-0.15, -0.1) is 0 Å². The molecule has 9 heteroatoms. The van der Waals surface area contributed by atoms with Crippen LogP contribution >= 0.6 is 11.6 Å². The summed E-state index contributed by atoms with van der Waals surface area (Å²) in [5.41, 5.74) is 1.03. The van der Waals surface area contributed by atoms with Crippen LogP contribution in [0.4, 0.5) is 5.69 Å². The molecule has 0 fully saturated rings. The van der Waals surface area contributed by atoms with Crippen molar-refractivity contribution in [1.29, 1.82) is 0 Å². The summed E-state index contributed by atoms with van der Waals surface area (Å²) in [5, 5.41) is 0.114. The van der Waals surface area contributed by atoms with Gasteiger partial charge in [0.05, 0.1) is 28.5 Å². The van der Waals surface area contributed by atoms with Gasteiger partial charge in [0.15, 0.2) is 5.76 Å². The fraction of sp³-hybridized carbons (Fsp3) is 0.333. The molecule has 1 aromatic carbocycles. The van der Waals surface area contributed by atoms with Crippen LogP contribution in [-0.4, -0.2) is 49.4 Å². The van der Waals surface area contributed by atoms with Crippen LogP contribution in [0.15, 0.2) is 47.7 Å². The van der Waals surface area contributed by atoms with Crippen molar-refractivity contribution < 1.29 is 28.7 Å². The van der Waals surface area contributed by atoms with Crippen LogP contribution in [-0.2, 0) is 28.7 Å². The molecule has 0 saturated carbocycles. The van der Waals surface area contributed by atoms with Gasteiger partial charge in [-0.2, -0.15) is 0 Å². The number of hydrogen-bond donors (Lipinski definition) is 0. The molecule has 0 aliphatic carbocycles. The van der Waals surface area contributed by atoms with Gasteiger partial charge >= 0.3 is 11.9 Å². The van der Waals surface area contributed by atoms with Gasteiger partial charge in [-0.1, -0.05) is 29.8 Å². The number of rotatable bonds is 9. The molecular weight excluding hydrogens is 448 g/mol. The van der Waals surface area contributed by atoms with Crippen molar-refractivity contribution >= 4 is 47.3 Å². The summed E-state index contributed by atoms with van der Waals surface area (Å²) in [6, 6.07) is 4.69. The van der Waals surface area contributed by atoms with Crippen molar-refractivity contribution in [2.45, 2.75) is 34.6 Å². The van der Waals surface area contributed by atoms with Crippen LogP contribution in [0.25, 0.3) is 5.76 Å².